The van der Waals surface area contributed by atoms with E-state index in [0.717, 1.165) is 0 Å². The Morgan fingerprint density at radius 1 is 1.58 bits per heavy atom. The minimum atomic E-state index is -4.70. The van der Waals surface area contributed by atoms with E-state index < -0.39 is 28.6 Å². The van der Waals surface area contributed by atoms with Gasteiger partial charge in [-0.15, -0.1) is 0 Å². The summed E-state index contributed by atoms with van der Waals surface area (Å²) in [5.74, 6) is -0.135. The Labute approximate surface area is 112 Å². The van der Waals surface area contributed by atoms with Gasteiger partial charge < -0.3 is 10.4 Å². The molecule has 1 atom stereocenters. The molecule has 4 nitrogen and oxygen atoms in total. The highest BCUT2D eigenvalue weighted by atomic mass is 35.5. The Kier molecular flexibility index (Phi) is 4.97. The van der Waals surface area contributed by atoms with Crippen molar-refractivity contribution in [2.75, 3.05) is 11.9 Å². The van der Waals surface area contributed by atoms with E-state index in [1.54, 1.807) is 6.92 Å². The lowest BCUT2D eigenvalue weighted by Crippen LogP contribution is -2.19. The first kappa shape index (κ1) is 15.5. The van der Waals surface area contributed by atoms with E-state index in [4.69, 9.17) is 16.9 Å². The largest absolute Gasteiger partial charge is 0.417 e. The van der Waals surface area contributed by atoms with Crippen molar-refractivity contribution >= 4 is 17.4 Å². The van der Waals surface area contributed by atoms with E-state index >= 15 is 0 Å². The van der Waals surface area contributed by atoms with Gasteiger partial charge in [-0.25, -0.2) is 4.98 Å². The third-order valence-corrected chi connectivity index (χ3v) is 2.66. The molecule has 0 amide bonds. The molecule has 2 N–H and O–H groups in total. The van der Waals surface area contributed by atoms with E-state index in [1.807, 2.05) is 0 Å². The van der Waals surface area contributed by atoms with Crippen LogP contribution in [0.4, 0.5) is 19.0 Å². The van der Waals surface area contributed by atoms with Gasteiger partial charge in [0.25, 0.3) is 0 Å². The number of aliphatic hydroxyl groups excluding tert-OH is 1. The van der Waals surface area contributed by atoms with Gasteiger partial charge in [0.15, 0.2) is 0 Å². The fourth-order valence-electron chi connectivity index (χ4n) is 1.30. The van der Waals surface area contributed by atoms with Crippen molar-refractivity contribution in [1.29, 1.82) is 5.26 Å². The van der Waals surface area contributed by atoms with Crippen LogP contribution in [0.1, 0.15) is 24.5 Å². The summed E-state index contributed by atoms with van der Waals surface area (Å²) in [6.45, 7) is 1.77. The molecule has 0 aromatic carbocycles. The number of pyridine rings is 1. The topological polar surface area (TPSA) is 68.9 Å². The predicted octanol–water partition coefficient (Wildman–Crippen LogP) is 2.81. The standard InChI is InChI=1S/C11H11ClF3N3O/c1-2-6(19)5-17-9-3-8(11(13,14)15)7(4-16)10(12)18-9/h3,6,19H,2,5H2,1H3,(H,17,18). The zero-order valence-electron chi connectivity index (χ0n) is 9.92. The molecule has 0 radical (unpaired) electrons. The molecule has 104 valence electrons. The minimum Gasteiger partial charge on any atom is -0.391 e. The van der Waals surface area contributed by atoms with Crippen molar-refractivity contribution in [2.24, 2.45) is 0 Å². The van der Waals surface area contributed by atoms with Crippen LogP contribution in [0.3, 0.4) is 0 Å². The first-order valence-electron chi connectivity index (χ1n) is 5.39. The number of nitrogens with one attached hydrogen (secondary N) is 1. The summed E-state index contributed by atoms with van der Waals surface area (Å²) in [7, 11) is 0. The summed E-state index contributed by atoms with van der Waals surface area (Å²) in [5.41, 5.74) is -1.86. The molecule has 0 saturated carbocycles. The van der Waals surface area contributed by atoms with E-state index in [0.29, 0.717) is 12.5 Å². The molecule has 0 aliphatic carbocycles. The Morgan fingerprint density at radius 3 is 2.68 bits per heavy atom. The lowest BCUT2D eigenvalue weighted by molar-refractivity contribution is -0.137. The SMILES string of the molecule is CCC(O)CNc1cc(C(F)(F)F)c(C#N)c(Cl)n1. The van der Waals surface area contributed by atoms with Crippen molar-refractivity contribution in [2.45, 2.75) is 25.6 Å². The Bertz CT molecular complexity index is 499. The summed E-state index contributed by atoms with van der Waals surface area (Å²) in [5, 5.41) is 20.0. The van der Waals surface area contributed by atoms with Gasteiger partial charge in [-0.3, -0.25) is 0 Å². The molecule has 0 aliphatic rings. The average Bonchev–Trinajstić information content (AvgIpc) is 2.34. The molecular weight excluding hydrogens is 283 g/mol. The van der Waals surface area contributed by atoms with Crippen LogP contribution in [0.5, 0.6) is 0 Å². The van der Waals surface area contributed by atoms with Gasteiger partial charge >= 0.3 is 6.18 Å². The van der Waals surface area contributed by atoms with Gasteiger partial charge in [0.05, 0.1) is 11.7 Å². The van der Waals surface area contributed by atoms with Crippen molar-refractivity contribution < 1.29 is 18.3 Å². The van der Waals surface area contributed by atoms with Crippen LogP contribution < -0.4 is 5.32 Å². The number of rotatable bonds is 4. The summed E-state index contributed by atoms with van der Waals surface area (Å²) < 4.78 is 38.2. The molecule has 1 aromatic heterocycles. The number of aromatic nitrogens is 1. The summed E-state index contributed by atoms with van der Waals surface area (Å²) in [6.07, 6.45) is -4.95. The molecule has 0 saturated heterocycles. The molecule has 0 spiro atoms. The van der Waals surface area contributed by atoms with E-state index in [-0.39, 0.29) is 12.4 Å². The second-order valence-corrected chi connectivity index (χ2v) is 4.13. The van der Waals surface area contributed by atoms with E-state index in [1.165, 1.54) is 6.07 Å². The third kappa shape index (κ3) is 3.98. The van der Waals surface area contributed by atoms with Crippen molar-refractivity contribution in [3.05, 3.63) is 22.3 Å². The fraction of sp³-hybridized carbons (Fsp3) is 0.455. The Hall–Kier alpha value is -1.52. The molecule has 1 aromatic rings. The zero-order chi connectivity index (χ0) is 14.6. The second-order valence-electron chi connectivity index (χ2n) is 3.77. The molecule has 1 rings (SSSR count). The number of anilines is 1. The van der Waals surface area contributed by atoms with Crippen LogP contribution in [-0.4, -0.2) is 22.7 Å². The minimum absolute atomic E-state index is 0.0447. The number of hydrogen-bond acceptors (Lipinski definition) is 4. The number of alkyl halides is 3. The molecule has 19 heavy (non-hydrogen) atoms. The smallest absolute Gasteiger partial charge is 0.391 e. The highest BCUT2D eigenvalue weighted by Gasteiger charge is 2.35. The van der Waals surface area contributed by atoms with Crippen LogP contribution in [-0.2, 0) is 6.18 Å². The summed E-state index contributed by atoms with van der Waals surface area (Å²) in [6, 6.07) is 2.08. The van der Waals surface area contributed by atoms with Crippen LogP contribution in [0.25, 0.3) is 0 Å². The highest BCUT2D eigenvalue weighted by molar-refractivity contribution is 6.30. The lowest BCUT2D eigenvalue weighted by atomic mass is 10.1. The maximum absolute atomic E-state index is 12.7. The van der Waals surface area contributed by atoms with Crippen molar-refractivity contribution in [3.63, 3.8) is 0 Å². The number of nitrogens with zero attached hydrogens (tertiary/aromatic N) is 2. The quantitative estimate of drug-likeness (QED) is 0.838. The monoisotopic (exact) mass is 293 g/mol. The van der Waals surface area contributed by atoms with E-state index in [9.17, 15) is 18.3 Å². The lowest BCUT2D eigenvalue weighted by Gasteiger charge is -2.14. The highest BCUT2D eigenvalue weighted by Crippen LogP contribution is 2.35. The molecule has 1 heterocycles. The first-order valence-corrected chi connectivity index (χ1v) is 5.77. The van der Waals surface area contributed by atoms with Crippen LogP contribution >= 0.6 is 11.6 Å². The Balaban J connectivity index is 3.11. The van der Waals surface area contributed by atoms with Crippen molar-refractivity contribution in [1.82, 2.24) is 4.98 Å². The molecular formula is C11H11ClF3N3O. The van der Waals surface area contributed by atoms with Gasteiger partial charge in [0.1, 0.15) is 22.6 Å². The van der Waals surface area contributed by atoms with Gasteiger partial charge in [-0.2, -0.15) is 18.4 Å². The summed E-state index contributed by atoms with van der Waals surface area (Å²) in [4.78, 5) is 3.65. The normalized spacial score (nSPS) is 12.9. The van der Waals surface area contributed by atoms with Gasteiger partial charge in [-0.1, -0.05) is 18.5 Å². The maximum Gasteiger partial charge on any atom is 0.417 e. The number of halogens is 4. The van der Waals surface area contributed by atoms with E-state index in [2.05, 4.69) is 10.3 Å². The van der Waals surface area contributed by atoms with Crippen molar-refractivity contribution in [3.8, 4) is 6.07 Å². The maximum atomic E-state index is 12.7. The number of hydrogen-bond donors (Lipinski definition) is 2. The average molecular weight is 294 g/mol. The predicted molar refractivity (Wildman–Crippen MR) is 63.8 cm³/mol. The second kappa shape index (κ2) is 6.08. The fourth-order valence-corrected chi connectivity index (χ4v) is 1.54. The molecule has 0 fully saturated rings. The molecule has 0 bridgehead atoms. The number of nitriles is 1. The first-order chi connectivity index (χ1) is 8.79. The van der Waals surface area contributed by atoms with Crippen LogP contribution in [0.2, 0.25) is 5.15 Å². The van der Waals surface area contributed by atoms with Gasteiger partial charge in [0, 0.05) is 6.54 Å². The molecule has 0 aliphatic heterocycles. The zero-order valence-corrected chi connectivity index (χ0v) is 10.7. The van der Waals surface area contributed by atoms with Crippen LogP contribution in [0.15, 0.2) is 6.07 Å². The Morgan fingerprint density at radius 2 is 2.21 bits per heavy atom. The van der Waals surface area contributed by atoms with Crippen LogP contribution in [0, 0.1) is 11.3 Å². The molecule has 1 unspecified atom stereocenters. The van der Waals surface area contributed by atoms with Gasteiger partial charge in [-0.05, 0) is 12.5 Å². The van der Waals surface area contributed by atoms with Gasteiger partial charge in [0.2, 0.25) is 0 Å². The number of aliphatic hydroxyl groups is 1. The third-order valence-electron chi connectivity index (χ3n) is 2.38. The summed E-state index contributed by atoms with van der Waals surface area (Å²) >= 11 is 5.55. The molecule has 8 heteroatoms.